The zero-order chi connectivity index (χ0) is 14.1. The van der Waals surface area contributed by atoms with Gasteiger partial charge >= 0.3 is 5.97 Å². The summed E-state index contributed by atoms with van der Waals surface area (Å²) in [4.78, 5) is 10.5. The summed E-state index contributed by atoms with van der Waals surface area (Å²) in [7, 11) is 0. The predicted octanol–water partition coefficient (Wildman–Crippen LogP) is 3.36. The lowest BCUT2D eigenvalue weighted by molar-refractivity contribution is -0.132. The van der Waals surface area contributed by atoms with E-state index in [1.807, 2.05) is 0 Å². The number of phenolic OH excluding ortho intramolecular Hbond substituents is 1. The molecule has 0 bridgehead atoms. The number of carboxylic acid groups (broad SMARTS) is 1. The van der Waals surface area contributed by atoms with Crippen LogP contribution in [-0.2, 0) is 4.79 Å². The Morgan fingerprint density at radius 2 is 1.89 bits per heavy atom. The van der Waals surface area contributed by atoms with Crippen LogP contribution in [0.15, 0.2) is 35.9 Å². The van der Waals surface area contributed by atoms with Crippen molar-refractivity contribution in [2.24, 2.45) is 0 Å². The summed E-state index contributed by atoms with van der Waals surface area (Å²) >= 11 is 0. The summed E-state index contributed by atoms with van der Waals surface area (Å²) in [5.74, 6) is 0.128. The van der Waals surface area contributed by atoms with Crippen molar-refractivity contribution in [3.05, 3.63) is 35.9 Å². The summed E-state index contributed by atoms with van der Waals surface area (Å²) in [6, 6.07) is 6.65. The van der Waals surface area contributed by atoms with Crippen LogP contribution in [0.25, 0.3) is 0 Å². The highest BCUT2D eigenvalue weighted by atomic mass is 16.5. The smallest absolute Gasteiger partial charge is 0.330 e. The molecule has 0 amide bonds. The minimum absolute atomic E-state index is 0.230. The molecule has 0 saturated carbocycles. The molecule has 2 N–H and O–H groups in total. The molecule has 0 spiro atoms. The maximum atomic E-state index is 10.5. The molecule has 1 rings (SSSR count). The molecule has 4 heteroatoms. The van der Waals surface area contributed by atoms with Gasteiger partial charge in [0.2, 0.25) is 0 Å². The normalized spacial score (nSPS) is 11.3. The highest BCUT2D eigenvalue weighted by Gasteiger charge is 1.98. The predicted molar refractivity (Wildman–Crippen MR) is 73.5 cm³/mol. The number of phenols is 1. The fourth-order valence-corrected chi connectivity index (χ4v) is 1.56. The van der Waals surface area contributed by atoms with Gasteiger partial charge in [0.15, 0.2) is 0 Å². The molecular formula is C15H20O4. The minimum atomic E-state index is -0.851. The van der Waals surface area contributed by atoms with Crippen LogP contribution >= 0.6 is 0 Å². The first kappa shape index (κ1) is 15.1. The number of hydrogen-bond acceptors (Lipinski definition) is 3. The van der Waals surface area contributed by atoms with Crippen LogP contribution in [0, 0.1) is 0 Å². The molecule has 1 aromatic rings. The van der Waals surface area contributed by atoms with Crippen molar-refractivity contribution in [1.82, 2.24) is 0 Å². The monoisotopic (exact) mass is 264 g/mol. The third-order valence-electron chi connectivity index (χ3n) is 2.74. The van der Waals surface area contributed by atoms with Gasteiger partial charge in [0.1, 0.15) is 11.5 Å². The van der Waals surface area contributed by atoms with Crippen LogP contribution in [0.4, 0.5) is 0 Å². The number of aliphatic carboxylic acids is 1. The van der Waals surface area contributed by atoms with Gasteiger partial charge in [-0.2, -0.15) is 0 Å². The van der Waals surface area contributed by atoms with E-state index in [0.29, 0.717) is 12.2 Å². The quantitative estimate of drug-likeness (QED) is 0.558. The maximum Gasteiger partial charge on any atom is 0.330 e. The van der Waals surface area contributed by atoms with E-state index < -0.39 is 5.97 Å². The van der Waals surface area contributed by atoms with Crippen LogP contribution in [0.3, 0.4) is 0 Å². The van der Waals surface area contributed by atoms with Gasteiger partial charge in [0, 0.05) is 5.57 Å². The Bertz CT molecular complexity index is 420. The van der Waals surface area contributed by atoms with Gasteiger partial charge in [-0.15, -0.1) is 0 Å². The Morgan fingerprint density at radius 1 is 1.21 bits per heavy atom. The molecule has 0 unspecified atom stereocenters. The molecule has 19 heavy (non-hydrogen) atoms. The van der Waals surface area contributed by atoms with Crippen molar-refractivity contribution >= 4 is 5.97 Å². The Kier molecular flexibility index (Phi) is 6.50. The van der Waals surface area contributed by atoms with E-state index in [2.05, 4.69) is 0 Å². The van der Waals surface area contributed by atoms with Gasteiger partial charge in [-0.25, -0.2) is 4.79 Å². The van der Waals surface area contributed by atoms with E-state index in [1.165, 1.54) is 0 Å². The second kappa shape index (κ2) is 8.19. The van der Waals surface area contributed by atoms with Crippen LogP contribution in [-0.4, -0.2) is 22.8 Å². The minimum Gasteiger partial charge on any atom is -0.508 e. The van der Waals surface area contributed by atoms with Gasteiger partial charge in [0.05, 0.1) is 6.61 Å². The van der Waals surface area contributed by atoms with Crippen molar-refractivity contribution in [2.75, 3.05) is 6.61 Å². The largest absolute Gasteiger partial charge is 0.508 e. The molecule has 0 aliphatic heterocycles. The van der Waals surface area contributed by atoms with Crippen LogP contribution < -0.4 is 4.74 Å². The Morgan fingerprint density at radius 3 is 2.53 bits per heavy atom. The van der Waals surface area contributed by atoms with E-state index in [1.54, 1.807) is 37.3 Å². The van der Waals surface area contributed by atoms with Crippen LogP contribution in [0.1, 0.15) is 32.6 Å². The number of benzene rings is 1. The number of aromatic hydroxyl groups is 1. The van der Waals surface area contributed by atoms with E-state index >= 15 is 0 Å². The average Bonchev–Trinajstić information content (AvgIpc) is 2.39. The number of carbonyl (C=O) groups is 1. The van der Waals surface area contributed by atoms with Crippen molar-refractivity contribution in [2.45, 2.75) is 32.6 Å². The number of ether oxygens (including phenoxy) is 1. The molecule has 0 aliphatic rings. The van der Waals surface area contributed by atoms with Gasteiger partial charge in [0.25, 0.3) is 0 Å². The van der Waals surface area contributed by atoms with E-state index in [9.17, 15) is 4.79 Å². The van der Waals surface area contributed by atoms with Crippen LogP contribution in [0.2, 0.25) is 0 Å². The van der Waals surface area contributed by atoms with E-state index in [0.717, 1.165) is 31.4 Å². The molecular weight excluding hydrogens is 244 g/mol. The van der Waals surface area contributed by atoms with Crippen molar-refractivity contribution < 1.29 is 19.7 Å². The van der Waals surface area contributed by atoms with Gasteiger partial charge < -0.3 is 14.9 Å². The summed E-state index contributed by atoms with van der Waals surface area (Å²) in [5, 5.41) is 17.8. The topological polar surface area (TPSA) is 66.8 Å². The first-order valence-electron chi connectivity index (χ1n) is 6.41. The zero-order valence-electron chi connectivity index (χ0n) is 11.1. The fraction of sp³-hybridized carbons (Fsp3) is 0.400. The van der Waals surface area contributed by atoms with Gasteiger partial charge in [-0.3, -0.25) is 0 Å². The van der Waals surface area contributed by atoms with E-state index in [4.69, 9.17) is 14.9 Å². The van der Waals surface area contributed by atoms with Crippen molar-refractivity contribution in [3.8, 4) is 11.5 Å². The Labute approximate surface area is 113 Å². The molecule has 0 heterocycles. The number of rotatable bonds is 8. The lowest BCUT2D eigenvalue weighted by Crippen LogP contribution is -1.97. The number of unbranched alkanes of at least 4 members (excludes halogenated alkanes) is 3. The fourth-order valence-electron chi connectivity index (χ4n) is 1.56. The molecule has 0 fully saturated rings. The summed E-state index contributed by atoms with van der Waals surface area (Å²) in [5.41, 5.74) is 0.403. The second-order valence-corrected chi connectivity index (χ2v) is 4.38. The molecule has 0 saturated heterocycles. The molecule has 1 aromatic carbocycles. The Balaban J connectivity index is 2.07. The zero-order valence-corrected chi connectivity index (χ0v) is 11.1. The molecule has 4 nitrogen and oxygen atoms in total. The third kappa shape index (κ3) is 6.50. The van der Waals surface area contributed by atoms with Gasteiger partial charge in [-0.1, -0.05) is 6.08 Å². The SMILES string of the molecule is CC(=CCCCCCOc1ccc(O)cc1)C(=O)O. The maximum absolute atomic E-state index is 10.5. The molecule has 0 radical (unpaired) electrons. The molecule has 0 atom stereocenters. The lowest BCUT2D eigenvalue weighted by Gasteiger charge is -2.05. The van der Waals surface area contributed by atoms with E-state index in [-0.39, 0.29) is 5.75 Å². The van der Waals surface area contributed by atoms with Gasteiger partial charge in [-0.05, 0) is 56.9 Å². The highest BCUT2D eigenvalue weighted by molar-refractivity contribution is 5.85. The molecule has 0 aromatic heterocycles. The van der Waals surface area contributed by atoms with Crippen LogP contribution in [0.5, 0.6) is 11.5 Å². The number of carboxylic acids is 1. The molecule has 104 valence electrons. The summed E-state index contributed by atoms with van der Waals surface area (Å²) in [6.45, 7) is 2.24. The number of hydrogen-bond donors (Lipinski definition) is 2. The third-order valence-corrected chi connectivity index (χ3v) is 2.74. The standard InChI is InChI=1S/C15H20O4/c1-12(15(17)18)6-4-2-3-5-11-19-14-9-7-13(16)8-10-14/h6-10,16H,2-5,11H2,1H3,(H,17,18). The highest BCUT2D eigenvalue weighted by Crippen LogP contribution is 2.16. The first-order valence-corrected chi connectivity index (χ1v) is 6.41. The summed E-state index contributed by atoms with van der Waals surface area (Å²) < 4.78 is 5.51. The molecule has 0 aliphatic carbocycles. The summed E-state index contributed by atoms with van der Waals surface area (Å²) in [6.07, 6.45) is 5.44. The first-order chi connectivity index (χ1) is 9.09. The number of allylic oxidation sites excluding steroid dienone is 1. The second-order valence-electron chi connectivity index (χ2n) is 4.38. The van der Waals surface area contributed by atoms with Crippen molar-refractivity contribution in [3.63, 3.8) is 0 Å². The van der Waals surface area contributed by atoms with Crippen molar-refractivity contribution in [1.29, 1.82) is 0 Å². The average molecular weight is 264 g/mol. The lowest BCUT2D eigenvalue weighted by atomic mass is 10.1. The Hall–Kier alpha value is -1.97.